The van der Waals surface area contributed by atoms with Crippen molar-refractivity contribution in [1.29, 1.82) is 0 Å². The third kappa shape index (κ3) is 10.4. The highest BCUT2D eigenvalue weighted by Crippen LogP contribution is 2.62. The highest BCUT2D eigenvalue weighted by Gasteiger charge is 2.60. The highest BCUT2D eigenvalue weighted by atomic mass is 16.7. The summed E-state index contributed by atoms with van der Waals surface area (Å²) >= 11 is 0. The summed E-state index contributed by atoms with van der Waals surface area (Å²) in [6.45, 7) is 35.0. The number of aryl methyl sites for hydroxylation is 3. The topological polar surface area (TPSA) is 107 Å². The number of hydrogen-bond donors (Lipinski definition) is 0. The summed E-state index contributed by atoms with van der Waals surface area (Å²) < 4.78 is 38.9. The molecule has 1 atom stereocenters. The van der Waals surface area contributed by atoms with Gasteiger partial charge in [-0.3, -0.25) is 0 Å². The molecule has 3 aromatic rings. The van der Waals surface area contributed by atoms with Gasteiger partial charge in [-0.25, -0.2) is 14.4 Å². The van der Waals surface area contributed by atoms with Gasteiger partial charge in [-0.05, 0) is 289 Å². The lowest BCUT2D eigenvalue weighted by atomic mass is 9.50. The van der Waals surface area contributed by atoms with Crippen LogP contribution < -0.4 is 14.2 Å². The molecule has 12 bridgehead atoms. The minimum Gasteiger partial charge on any atom is -0.427 e. The predicted octanol–water partition coefficient (Wildman–Crippen LogP) is 19.0. The van der Waals surface area contributed by atoms with Crippen molar-refractivity contribution in [3.05, 3.63) is 86.5 Å². The molecule has 0 saturated heterocycles. The Morgan fingerprint density at radius 3 is 0.878 bits per heavy atom. The monoisotopic (exact) mass is 1120 g/mol. The van der Waals surface area contributed by atoms with E-state index in [9.17, 15) is 14.4 Å². The number of benzene rings is 3. The van der Waals surface area contributed by atoms with E-state index in [0.29, 0.717) is 52.8 Å². The SMILES string of the molecule is Cc1cc(OC(=O)OC2(C)C3CC4CC(C3)CC2C4)c(C(C)(C)C)cc1C(C)CC(c1cc(C(C)(C)C)c(OC(=O)OC2(C)C3CC4CC(C3)CC2C4)cc1C)c1cc(C(C)(C)C)c(OC(=O)OC2(C)C3CC4CC(C3)CC2C4)cc1C. The average molecular weight is 1120 g/mol. The van der Waals surface area contributed by atoms with Crippen LogP contribution in [0.2, 0.25) is 0 Å². The molecule has 82 heavy (non-hydrogen) atoms. The molecular formula is C73H100O9. The Hall–Kier alpha value is -4.53. The van der Waals surface area contributed by atoms with Gasteiger partial charge >= 0.3 is 18.5 Å². The Morgan fingerprint density at radius 1 is 0.402 bits per heavy atom. The maximum atomic E-state index is 14.3. The number of carbonyl (C=O) groups excluding carboxylic acids is 3. The standard InChI is InChI=1S/C73H100O9/c1-39(55-36-59(68(5,6)7)62(18-40(55)2)77-65(74)80-71(14)49-24-43-21-44(26-49)27-50(71)25-43)17-58(56-37-60(69(8,9)10)63(19-41(56)3)78-66(75)81-72(15)51-28-45-22-46(30-51)31-52(72)29-45)57-38-61(70(11,12)13)64(20-42(57)4)79-67(76)82-73(16)53-32-47-23-48(34-53)35-54(73)33-47/h18-20,36-39,43-54,58H,17,21-35H2,1-16H3. The second-order valence-electron chi connectivity index (χ2n) is 32.9. The molecule has 0 radical (unpaired) electrons. The van der Waals surface area contributed by atoms with Gasteiger partial charge in [0.05, 0.1) is 0 Å². The summed E-state index contributed by atoms with van der Waals surface area (Å²) in [4.78, 5) is 42.6. The lowest BCUT2D eigenvalue weighted by molar-refractivity contribution is -0.169. The van der Waals surface area contributed by atoms with E-state index in [4.69, 9.17) is 28.4 Å². The van der Waals surface area contributed by atoms with Crippen molar-refractivity contribution in [2.45, 2.75) is 258 Å². The fraction of sp³-hybridized carbons (Fsp3) is 0.712. The molecule has 0 aromatic heterocycles. The Balaban J connectivity index is 0.883. The van der Waals surface area contributed by atoms with E-state index in [1.807, 2.05) is 0 Å². The second-order valence-corrected chi connectivity index (χ2v) is 32.9. The van der Waals surface area contributed by atoms with Crippen molar-refractivity contribution in [3.8, 4) is 17.2 Å². The first kappa shape index (κ1) is 57.9. The van der Waals surface area contributed by atoms with Gasteiger partial charge < -0.3 is 28.4 Å². The largest absolute Gasteiger partial charge is 0.514 e. The lowest BCUT2D eigenvalue weighted by Gasteiger charge is -2.58. The number of hydrogen-bond acceptors (Lipinski definition) is 9. The van der Waals surface area contributed by atoms with E-state index >= 15 is 0 Å². The van der Waals surface area contributed by atoms with E-state index in [0.717, 1.165) is 163 Å². The molecule has 0 N–H and O–H groups in total. The summed E-state index contributed by atoms with van der Waals surface area (Å²) in [6.07, 6.45) is 16.6. The molecule has 12 aliphatic rings. The third-order valence-electron chi connectivity index (χ3n) is 24.2. The van der Waals surface area contributed by atoms with Crippen LogP contribution >= 0.6 is 0 Å². The van der Waals surface area contributed by atoms with Crippen molar-refractivity contribution in [3.63, 3.8) is 0 Å². The van der Waals surface area contributed by atoms with E-state index in [-0.39, 0.29) is 17.3 Å². The first-order valence-electron chi connectivity index (χ1n) is 32.5. The first-order valence-corrected chi connectivity index (χ1v) is 32.5. The van der Waals surface area contributed by atoms with Crippen LogP contribution in [0, 0.1) is 91.8 Å². The molecule has 12 saturated carbocycles. The van der Waals surface area contributed by atoms with Crippen molar-refractivity contribution >= 4 is 18.5 Å². The Morgan fingerprint density at radius 2 is 0.634 bits per heavy atom. The third-order valence-corrected chi connectivity index (χ3v) is 24.2. The minimum atomic E-state index is -0.609. The van der Waals surface area contributed by atoms with Crippen molar-refractivity contribution in [2.75, 3.05) is 0 Å². The zero-order valence-electron chi connectivity index (χ0n) is 53.0. The molecule has 1 unspecified atom stereocenters. The van der Waals surface area contributed by atoms with E-state index < -0.39 is 46.1 Å². The van der Waals surface area contributed by atoms with Gasteiger partial charge in [0.25, 0.3) is 0 Å². The zero-order chi connectivity index (χ0) is 58.5. The normalized spacial score (nSPS) is 35.6. The van der Waals surface area contributed by atoms with E-state index in [1.165, 1.54) is 24.8 Å². The van der Waals surface area contributed by atoms with Crippen LogP contribution in [-0.2, 0) is 30.5 Å². The van der Waals surface area contributed by atoms with Gasteiger partial charge in [-0.15, -0.1) is 0 Å². The van der Waals surface area contributed by atoms with Crippen molar-refractivity contribution in [1.82, 2.24) is 0 Å². The van der Waals surface area contributed by atoms with Crippen LogP contribution in [0.15, 0.2) is 36.4 Å². The second kappa shape index (κ2) is 20.3. The maximum Gasteiger partial charge on any atom is 0.514 e. The number of carbonyl (C=O) groups is 3. The van der Waals surface area contributed by atoms with Crippen LogP contribution in [0.1, 0.15) is 255 Å². The smallest absolute Gasteiger partial charge is 0.427 e. The van der Waals surface area contributed by atoms with Crippen LogP contribution in [0.5, 0.6) is 17.2 Å². The van der Waals surface area contributed by atoms with Crippen LogP contribution in [-0.4, -0.2) is 35.3 Å². The molecule has 3 aromatic carbocycles. The molecule has 12 fully saturated rings. The number of rotatable bonds is 11. The molecule has 0 amide bonds. The van der Waals surface area contributed by atoms with Crippen molar-refractivity contribution < 1.29 is 42.8 Å². The minimum absolute atomic E-state index is 0.0225. The van der Waals surface area contributed by atoms with Gasteiger partial charge in [0.15, 0.2) is 0 Å². The first-order chi connectivity index (χ1) is 38.3. The van der Waals surface area contributed by atoms with E-state index in [1.54, 1.807) is 0 Å². The summed E-state index contributed by atoms with van der Waals surface area (Å²) in [6, 6.07) is 13.1. The molecule has 0 aliphatic heterocycles. The average Bonchev–Trinajstić information content (AvgIpc) is 1.86. The molecule has 15 rings (SSSR count). The maximum absolute atomic E-state index is 14.3. The fourth-order valence-corrected chi connectivity index (χ4v) is 20.0. The summed E-state index contributed by atoms with van der Waals surface area (Å²) in [7, 11) is 0. The predicted molar refractivity (Wildman–Crippen MR) is 322 cm³/mol. The van der Waals surface area contributed by atoms with Crippen LogP contribution in [0.4, 0.5) is 14.4 Å². The van der Waals surface area contributed by atoms with E-state index in [2.05, 4.69) is 147 Å². The summed E-state index contributed by atoms with van der Waals surface area (Å²) in [5.41, 5.74) is 6.71. The molecule has 0 heterocycles. The molecule has 9 heteroatoms. The summed E-state index contributed by atoms with van der Waals surface area (Å²) in [5.74, 6) is 8.35. The van der Waals surface area contributed by atoms with Gasteiger partial charge in [0, 0.05) is 22.6 Å². The molecule has 12 aliphatic carbocycles. The quantitative estimate of drug-likeness (QED) is 0.105. The molecular weight excluding hydrogens is 1020 g/mol. The fourth-order valence-electron chi connectivity index (χ4n) is 20.0. The molecule has 0 spiro atoms. The number of ether oxygens (including phenoxy) is 6. The lowest BCUT2D eigenvalue weighted by Crippen LogP contribution is -2.58. The summed E-state index contributed by atoms with van der Waals surface area (Å²) in [5, 5.41) is 0. The van der Waals surface area contributed by atoms with Gasteiger partial charge in [-0.1, -0.05) is 87.4 Å². The van der Waals surface area contributed by atoms with Crippen molar-refractivity contribution in [2.24, 2.45) is 71.0 Å². The molecule has 9 nitrogen and oxygen atoms in total. The Labute approximate surface area is 492 Å². The van der Waals surface area contributed by atoms with Gasteiger partial charge in [-0.2, -0.15) is 0 Å². The highest BCUT2D eigenvalue weighted by molar-refractivity contribution is 5.69. The van der Waals surface area contributed by atoms with Gasteiger partial charge in [0.1, 0.15) is 34.1 Å². The zero-order valence-corrected chi connectivity index (χ0v) is 53.0. The van der Waals surface area contributed by atoms with Gasteiger partial charge in [0.2, 0.25) is 0 Å². The Bertz CT molecular complexity index is 2790. The van der Waals surface area contributed by atoms with Crippen LogP contribution in [0.25, 0.3) is 0 Å². The van der Waals surface area contributed by atoms with Crippen LogP contribution in [0.3, 0.4) is 0 Å². The molecule has 446 valence electrons. The Kier molecular flexibility index (Phi) is 14.3.